The van der Waals surface area contributed by atoms with E-state index in [-0.39, 0.29) is 5.28 Å². The summed E-state index contributed by atoms with van der Waals surface area (Å²) in [5, 5.41) is 0.929. The van der Waals surface area contributed by atoms with E-state index in [1.807, 2.05) is 36.4 Å². The average Bonchev–Trinajstić information content (AvgIpc) is 2.41. The summed E-state index contributed by atoms with van der Waals surface area (Å²) in [5.41, 5.74) is 7.12. The van der Waals surface area contributed by atoms with Crippen molar-refractivity contribution in [3.05, 3.63) is 53.8 Å². The SMILES string of the molecule is Nc1ccccc1Oc1nc(Cl)nc2ccccc12. The molecule has 0 amide bonds. The third-order valence-electron chi connectivity index (χ3n) is 2.67. The molecule has 0 saturated heterocycles. The van der Waals surface area contributed by atoms with Crippen molar-refractivity contribution in [2.45, 2.75) is 0 Å². The van der Waals surface area contributed by atoms with Crippen molar-refractivity contribution >= 4 is 28.2 Å². The summed E-state index contributed by atoms with van der Waals surface area (Å²) in [4.78, 5) is 8.26. The number of nitrogen functional groups attached to an aromatic ring is 1. The van der Waals surface area contributed by atoms with Crippen molar-refractivity contribution in [3.8, 4) is 11.6 Å². The third-order valence-corrected chi connectivity index (χ3v) is 2.84. The molecule has 19 heavy (non-hydrogen) atoms. The highest BCUT2D eigenvalue weighted by atomic mass is 35.5. The Bertz CT molecular complexity index is 746. The molecule has 4 nitrogen and oxygen atoms in total. The topological polar surface area (TPSA) is 61.0 Å². The van der Waals surface area contributed by atoms with Gasteiger partial charge in [0.15, 0.2) is 5.75 Å². The van der Waals surface area contributed by atoms with Gasteiger partial charge in [0.05, 0.1) is 16.6 Å². The summed E-state index contributed by atoms with van der Waals surface area (Å²) in [6.45, 7) is 0. The molecule has 1 heterocycles. The van der Waals surface area contributed by atoms with Crippen molar-refractivity contribution in [2.75, 3.05) is 5.73 Å². The molecule has 1 aromatic heterocycles. The molecule has 0 spiro atoms. The first-order valence-corrected chi connectivity index (χ1v) is 6.06. The second-order valence-corrected chi connectivity index (χ2v) is 4.29. The van der Waals surface area contributed by atoms with Gasteiger partial charge in [0.25, 0.3) is 0 Å². The van der Waals surface area contributed by atoms with Crippen LogP contribution in [0.2, 0.25) is 5.28 Å². The van der Waals surface area contributed by atoms with Gasteiger partial charge in [0.1, 0.15) is 0 Å². The van der Waals surface area contributed by atoms with Crippen LogP contribution in [0.25, 0.3) is 10.9 Å². The lowest BCUT2D eigenvalue weighted by Gasteiger charge is -2.09. The Labute approximate surface area is 114 Å². The van der Waals surface area contributed by atoms with Crippen molar-refractivity contribution < 1.29 is 4.74 Å². The zero-order chi connectivity index (χ0) is 13.2. The van der Waals surface area contributed by atoms with E-state index in [1.54, 1.807) is 12.1 Å². The van der Waals surface area contributed by atoms with E-state index in [4.69, 9.17) is 22.1 Å². The number of para-hydroxylation sites is 3. The Morgan fingerprint density at radius 3 is 2.53 bits per heavy atom. The van der Waals surface area contributed by atoms with E-state index in [0.717, 1.165) is 10.9 Å². The summed E-state index contributed by atoms with van der Waals surface area (Å²) < 4.78 is 5.74. The molecule has 0 radical (unpaired) electrons. The molecular weight excluding hydrogens is 262 g/mol. The molecule has 2 N–H and O–H groups in total. The van der Waals surface area contributed by atoms with Gasteiger partial charge in [-0.15, -0.1) is 0 Å². The minimum absolute atomic E-state index is 0.142. The van der Waals surface area contributed by atoms with Crippen LogP contribution in [0.1, 0.15) is 0 Å². The van der Waals surface area contributed by atoms with Gasteiger partial charge >= 0.3 is 0 Å². The lowest BCUT2D eigenvalue weighted by atomic mass is 10.2. The molecule has 0 bridgehead atoms. The molecule has 0 unspecified atom stereocenters. The lowest BCUT2D eigenvalue weighted by Crippen LogP contribution is -1.95. The van der Waals surface area contributed by atoms with E-state index in [9.17, 15) is 0 Å². The van der Waals surface area contributed by atoms with Gasteiger partial charge < -0.3 is 10.5 Å². The molecule has 0 atom stereocenters. The Morgan fingerprint density at radius 1 is 0.947 bits per heavy atom. The predicted octanol–water partition coefficient (Wildman–Crippen LogP) is 3.66. The average molecular weight is 272 g/mol. The molecular formula is C14H10ClN3O. The first-order valence-electron chi connectivity index (χ1n) is 5.69. The van der Waals surface area contributed by atoms with Gasteiger partial charge in [0.2, 0.25) is 11.2 Å². The Hall–Kier alpha value is -2.33. The number of benzene rings is 2. The van der Waals surface area contributed by atoms with E-state index in [2.05, 4.69) is 9.97 Å². The zero-order valence-electron chi connectivity index (χ0n) is 9.88. The van der Waals surface area contributed by atoms with E-state index in [0.29, 0.717) is 17.3 Å². The number of hydrogen-bond donors (Lipinski definition) is 1. The van der Waals surface area contributed by atoms with Gasteiger partial charge in [-0.2, -0.15) is 4.98 Å². The second kappa shape index (κ2) is 4.74. The highest BCUT2D eigenvalue weighted by Gasteiger charge is 2.09. The number of nitrogens with zero attached hydrogens (tertiary/aromatic N) is 2. The number of anilines is 1. The third kappa shape index (κ3) is 2.30. The van der Waals surface area contributed by atoms with Gasteiger partial charge in [-0.25, -0.2) is 4.98 Å². The van der Waals surface area contributed by atoms with Crippen LogP contribution in [0.15, 0.2) is 48.5 Å². The van der Waals surface area contributed by atoms with Crippen LogP contribution in [0.3, 0.4) is 0 Å². The molecule has 0 aliphatic carbocycles. The number of fused-ring (bicyclic) bond motifs is 1. The normalized spacial score (nSPS) is 10.6. The van der Waals surface area contributed by atoms with Crippen LogP contribution in [-0.2, 0) is 0 Å². The number of rotatable bonds is 2. The highest BCUT2D eigenvalue weighted by Crippen LogP contribution is 2.31. The standard InChI is InChI=1S/C14H10ClN3O/c15-14-17-11-7-3-1-5-9(11)13(18-14)19-12-8-4-2-6-10(12)16/h1-8H,16H2. The number of hydrogen-bond acceptors (Lipinski definition) is 4. The summed E-state index contributed by atoms with van der Waals surface area (Å²) in [7, 11) is 0. The minimum atomic E-state index is 0.142. The molecule has 0 fully saturated rings. The first kappa shape index (κ1) is 11.7. The molecule has 0 aliphatic rings. The van der Waals surface area contributed by atoms with Crippen molar-refractivity contribution in [3.63, 3.8) is 0 Å². The Morgan fingerprint density at radius 2 is 1.68 bits per heavy atom. The van der Waals surface area contributed by atoms with Crippen LogP contribution in [0.5, 0.6) is 11.6 Å². The monoisotopic (exact) mass is 271 g/mol. The van der Waals surface area contributed by atoms with Crippen LogP contribution in [-0.4, -0.2) is 9.97 Å². The zero-order valence-corrected chi connectivity index (χ0v) is 10.6. The molecule has 94 valence electrons. The summed E-state index contributed by atoms with van der Waals surface area (Å²) in [5.74, 6) is 0.941. The van der Waals surface area contributed by atoms with E-state index >= 15 is 0 Å². The summed E-state index contributed by atoms with van der Waals surface area (Å²) >= 11 is 5.90. The number of halogens is 1. The molecule has 3 rings (SSSR count). The maximum Gasteiger partial charge on any atom is 0.231 e. The lowest BCUT2D eigenvalue weighted by molar-refractivity contribution is 0.470. The minimum Gasteiger partial charge on any atom is -0.436 e. The van der Waals surface area contributed by atoms with Crippen molar-refractivity contribution in [2.24, 2.45) is 0 Å². The van der Waals surface area contributed by atoms with Crippen LogP contribution < -0.4 is 10.5 Å². The number of ether oxygens (including phenoxy) is 1. The van der Waals surface area contributed by atoms with Gasteiger partial charge in [-0.3, -0.25) is 0 Å². The van der Waals surface area contributed by atoms with Gasteiger partial charge in [-0.1, -0.05) is 24.3 Å². The van der Waals surface area contributed by atoms with Crippen LogP contribution >= 0.6 is 11.6 Å². The molecule has 0 saturated carbocycles. The predicted molar refractivity (Wildman–Crippen MR) is 75.5 cm³/mol. The van der Waals surface area contributed by atoms with Gasteiger partial charge in [0, 0.05) is 0 Å². The largest absolute Gasteiger partial charge is 0.436 e. The van der Waals surface area contributed by atoms with Crippen molar-refractivity contribution in [1.82, 2.24) is 9.97 Å². The number of aromatic nitrogens is 2. The smallest absolute Gasteiger partial charge is 0.231 e. The fraction of sp³-hybridized carbons (Fsp3) is 0. The van der Waals surface area contributed by atoms with Gasteiger partial charge in [-0.05, 0) is 35.9 Å². The van der Waals surface area contributed by atoms with E-state index < -0.39 is 0 Å². The molecule has 2 aromatic carbocycles. The maximum absolute atomic E-state index is 5.90. The fourth-order valence-corrected chi connectivity index (χ4v) is 1.94. The first-order chi connectivity index (χ1) is 9.24. The Balaban J connectivity index is 2.13. The molecule has 3 aromatic rings. The molecule has 5 heteroatoms. The van der Waals surface area contributed by atoms with E-state index in [1.165, 1.54) is 0 Å². The summed E-state index contributed by atoms with van der Waals surface area (Å²) in [6, 6.07) is 14.7. The fourth-order valence-electron chi connectivity index (χ4n) is 1.78. The van der Waals surface area contributed by atoms with Crippen LogP contribution in [0, 0.1) is 0 Å². The second-order valence-electron chi connectivity index (χ2n) is 3.95. The summed E-state index contributed by atoms with van der Waals surface area (Å²) in [6.07, 6.45) is 0. The maximum atomic E-state index is 5.90. The quantitative estimate of drug-likeness (QED) is 0.571. The van der Waals surface area contributed by atoms with Crippen molar-refractivity contribution in [1.29, 1.82) is 0 Å². The van der Waals surface area contributed by atoms with Crippen LogP contribution in [0.4, 0.5) is 5.69 Å². The highest BCUT2D eigenvalue weighted by molar-refractivity contribution is 6.28. The molecule has 0 aliphatic heterocycles. The number of nitrogens with two attached hydrogens (primary N) is 1. The Kier molecular flexibility index (Phi) is 2.93.